The minimum Gasteiger partial charge on any atom is -0.468 e. The molecule has 3 nitrogen and oxygen atoms in total. The molecule has 0 heterocycles. The summed E-state index contributed by atoms with van der Waals surface area (Å²) in [5.41, 5.74) is 4.23. The van der Waals surface area contributed by atoms with Gasteiger partial charge < -0.3 is 10.1 Å². The molecular formula is C17H23NO2Si. The molecule has 0 fully saturated rings. The third kappa shape index (κ3) is 5.88. The van der Waals surface area contributed by atoms with Crippen molar-refractivity contribution in [2.45, 2.75) is 25.7 Å². The van der Waals surface area contributed by atoms with Crippen LogP contribution in [-0.2, 0) is 9.53 Å². The number of para-hydroxylation sites is 1. The van der Waals surface area contributed by atoms with Crippen molar-refractivity contribution < 1.29 is 9.53 Å². The average molecular weight is 301 g/mol. The summed E-state index contributed by atoms with van der Waals surface area (Å²) in [7, 11) is -0.149. The van der Waals surface area contributed by atoms with Gasteiger partial charge in [0.25, 0.3) is 0 Å². The number of methoxy groups -OCH3 is 1. The van der Waals surface area contributed by atoms with Crippen LogP contribution in [0.25, 0.3) is 0 Å². The van der Waals surface area contributed by atoms with Crippen LogP contribution >= 0.6 is 0 Å². The molecule has 0 radical (unpaired) electrons. The molecule has 0 bridgehead atoms. The maximum atomic E-state index is 11.9. The van der Waals surface area contributed by atoms with E-state index >= 15 is 0 Å². The van der Waals surface area contributed by atoms with Gasteiger partial charge in [0.05, 0.1) is 7.11 Å². The smallest absolute Gasteiger partial charge is 0.315 e. The second-order valence-electron chi connectivity index (χ2n) is 5.79. The lowest BCUT2D eigenvalue weighted by molar-refractivity contribution is -0.143. The first-order valence-electron chi connectivity index (χ1n) is 6.92. The van der Waals surface area contributed by atoms with Crippen LogP contribution in [0.4, 0.5) is 5.69 Å². The summed E-state index contributed by atoms with van der Waals surface area (Å²) in [6.45, 7) is 10.2. The van der Waals surface area contributed by atoms with Gasteiger partial charge in [0.1, 0.15) is 20.0 Å². The molecular weight excluding hydrogens is 278 g/mol. The van der Waals surface area contributed by atoms with Crippen molar-refractivity contribution in [1.29, 1.82) is 0 Å². The Bertz CT molecular complexity index is 537. The molecule has 21 heavy (non-hydrogen) atoms. The van der Waals surface area contributed by atoms with Gasteiger partial charge in [0, 0.05) is 5.69 Å². The number of nitrogens with one attached hydrogen (secondary N) is 1. The van der Waals surface area contributed by atoms with E-state index in [0.717, 1.165) is 5.69 Å². The second-order valence-corrected chi connectivity index (χ2v) is 10.5. The number of anilines is 1. The van der Waals surface area contributed by atoms with E-state index in [4.69, 9.17) is 4.74 Å². The van der Waals surface area contributed by atoms with Crippen LogP contribution in [0.1, 0.15) is 0 Å². The van der Waals surface area contributed by atoms with Crippen molar-refractivity contribution in [3.8, 4) is 11.5 Å². The van der Waals surface area contributed by atoms with Gasteiger partial charge in [-0.3, -0.25) is 4.79 Å². The topological polar surface area (TPSA) is 38.3 Å². The maximum absolute atomic E-state index is 11.9. The average Bonchev–Trinajstić information content (AvgIpc) is 2.45. The highest BCUT2D eigenvalue weighted by atomic mass is 28.3. The summed E-state index contributed by atoms with van der Waals surface area (Å²) in [6, 6.07) is 9.36. The highest BCUT2D eigenvalue weighted by molar-refractivity contribution is 6.83. The van der Waals surface area contributed by atoms with Crippen LogP contribution in [0.5, 0.6) is 0 Å². The Kier molecular flexibility index (Phi) is 6.26. The van der Waals surface area contributed by atoms with Gasteiger partial charge in [-0.1, -0.05) is 49.8 Å². The zero-order chi connectivity index (χ0) is 15.9. The largest absolute Gasteiger partial charge is 0.468 e. The second kappa shape index (κ2) is 7.70. The zero-order valence-corrected chi connectivity index (χ0v) is 14.1. The van der Waals surface area contributed by atoms with Gasteiger partial charge in [0.2, 0.25) is 0 Å². The Morgan fingerprint density at radius 3 is 2.43 bits per heavy atom. The summed E-state index contributed by atoms with van der Waals surface area (Å²) < 4.78 is 4.85. The van der Waals surface area contributed by atoms with Crippen molar-refractivity contribution >= 4 is 19.7 Å². The van der Waals surface area contributed by atoms with Crippen molar-refractivity contribution in [3.05, 3.63) is 43.0 Å². The lowest BCUT2D eigenvalue weighted by Gasteiger charge is -2.21. The molecule has 0 aliphatic heterocycles. The fourth-order valence-corrected chi connectivity index (χ4v) is 2.32. The third-order valence-electron chi connectivity index (χ3n) is 2.79. The van der Waals surface area contributed by atoms with E-state index < -0.39 is 14.0 Å². The molecule has 1 rings (SSSR count). The molecule has 0 saturated heterocycles. The first-order chi connectivity index (χ1) is 9.87. The number of esters is 1. The van der Waals surface area contributed by atoms with Gasteiger partial charge in [-0.2, -0.15) is 0 Å². The fraction of sp³-hybridized carbons (Fsp3) is 0.353. The molecule has 0 saturated carbocycles. The van der Waals surface area contributed by atoms with Crippen molar-refractivity contribution in [3.63, 3.8) is 0 Å². The van der Waals surface area contributed by atoms with Crippen molar-refractivity contribution in [1.82, 2.24) is 0 Å². The highest BCUT2D eigenvalue weighted by Crippen LogP contribution is 2.15. The molecule has 112 valence electrons. The Morgan fingerprint density at radius 2 is 1.95 bits per heavy atom. The Labute approximate surface area is 128 Å². The van der Waals surface area contributed by atoms with Crippen LogP contribution in [0, 0.1) is 17.4 Å². The molecule has 0 aliphatic carbocycles. The number of ether oxygens (including phenoxy) is 1. The number of hydrogen-bond acceptors (Lipinski definition) is 3. The van der Waals surface area contributed by atoms with E-state index in [0.29, 0.717) is 0 Å². The molecule has 0 aliphatic rings. The normalized spacial score (nSPS) is 13.3. The molecule has 1 aromatic carbocycles. The molecule has 1 aromatic rings. The molecule has 0 spiro atoms. The molecule has 0 unspecified atom stereocenters. The van der Waals surface area contributed by atoms with Gasteiger partial charge in [0.15, 0.2) is 0 Å². The summed E-state index contributed by atoms with van der Waals surface area (Å²) in [5.74, 6) is 2.37. The summed E-state index contributed by atoms with van der Waals surface area (Å²) in [5, 5.41) is 3.29. The maximum Gasteiger partial charge on any atom is 0.315 e. The van der Waals surface area contributed by atoms with E-state index in [9.17, 15) is 4.79 Å². The van der Waals surface area contributed by atoms with E-state index in [1.54, 1.807) is 6.08 Å². The predicted octanol–water partition coefficient (Wildman–Crippen LogP) is 3.32. The third-order valence-corrected chi connectivity index (χ3v) is 3.68. The Morgan fingerprint density at radius 1 is 1.33 bits per heavy atom. The van der Waals surface area contributed by atoms with Crippen LogP contribution in [-0.4, -0.2) is 27.2 Å². The first-order valence-corrected chi connectivity index (χ1v) is 10.4. The van der Waals surface area contributed by atoms with Crippen molar-refractivity contribution in [2.24, 2.45) is 5.92 Å². The SMILES string of the molecule is C=C[C@@H](C(=O)OC)[C@@H](C#C[Si](C)(C)C)Nc1ccccc1. The van der Waals surface area contributed by atoms with E-state index in [1.165, 1.54) is 7.11 Å². The van der Waals surface area contributed by atoms with Crippen LogP contribution in [0.2, 0.25) is 19.6 Å². The van der Waals surface area contributed by atoms with E-state index in [1.807, 2.05) is 30.3 Å². The number of rotatable bonds is 5. The number of carbonyl (C=O) groups excluding carboxylic acids is 1. The molecule has 2 atom stereocenters. The first kappa shape index (κ1) is 17.1. The molecule has 0 amide bonds. The van der Waals surface area contributed by atoms with E-state index in [2.05, 4.69) is 43.0 Å². The Balaban J connectivity index is 3.06. The van der Waals surface area contributed by atoms with Gasteiger partial charge >= 0.3 is 5.97 Å². The molecule has 0 aromatic heterocycles. The minimum absolute atomic E-state index is 0.330. The van der Waals surface area contributed by atoms with Gasteiger partial charge in [-0.05, 0) is 12.1 Å². The Hall–Kier alpha value is -1.99. The lowest BCUT2D eigenvalue weighted by Crippen LogP contribution is -2.33. The summed E-state index contributed by atoms with van der Waals surface area (Å²) in [6.07, 6.45) is 1.59. The highest BCUT2D eigenvalue weighted by Gasteiger charge is 2.25. The molecule has 1 N–H and O–H groups in total. The quantitative estimate of drug-likeness (QED) is 0.392. The predicted molar refractivity (Wildman–Crippen MR) is 90.7 cm³/mol. The standard InChI is InChI=1S/C17H23NO2Si/c1-6-15(17(19)20-2)16(12-13-21(3,4)5)18-14-10-8-7-9-11-14/h6-11,15-16,18H,1H2,2-5H3/t15-,16-/m1/s1. The van der Waals surface area contributed by atoms with Gasteiger partial charge in [-0.25, -0.2) is 0 Å². The van der Waals surface area contributed by atoms with Gasteiger partial charge in [-0.15, -0.1) is 12.1 Å². The van der Waals surface area contributed by atoms with E-state index in [-0.39, 0.29) is 12.0 Å². The lowest BCUT2D eigenvalue weighted by atomic mass is 10.0. The monoisotopic (exact) mass is 301 g/mol. The zero-order valence-electron chi connectivity index (χ0n) is 13.1. The minimum atomic E-state index is -1.53. The summed E-state index contributed by atoms with van der Waals surface area (Å²) >= 11 is 0. The summed E-state index contributed by atoms with van der Waals surface area (Å²) in [4.78, 5) is 11.9. The van der Waals surface area contributed by atoms with Crippen molar-refractivity contribution in [2.75, 3.05) is 12.4 Å². The van der Waals surface area contributed by atoms with Crippen LogP contribution in [0.3, 0.4) is 0 Å². The van der Waals surface area contributed by atoms with Crippen LogP contribution < -0.4 is 5.32 Å². The van der Waals surface area contributed by atoms with Crippen LogP contribution in [0.15, 0.2) is 43.0 Å². The number of carbonyl (C=O) groups is 1. The number of benzene rings is 1. The number of hydrogen-bond donors (Lipinski definition) is 1. The fourth-order valence-electron chi connectivity index (χ4n) is 1.73. The molecule has 4 heteroatoms.